The summed E-state index contributed by atoms with van der Waals surface area (Å²) in [6, 6.07) is 0. The number of imidazole rings is 1. The molecule has 0 spiro atoms. The summed E-state index contributed by atoms with van der Waals surface area (Å²) in [4.78, 5) is 87.0. The normalized spacial score (nSPS) is 21.9. The van der Waals surface area contributed by atoms with E-state index in [1.807, 2.05) is 0 Å². The lowest BCUT2D eigenvalue weighted by atomic mass is 9.87. The van der Waals surface area contributed by atoms with Crippen molar-refractivity contribution in [3.05, 3.63) is 24.3 Å². The summed E-state index contributed by atoms with van der Waals surface area (Å²) in [6.45, 7) is 4.03. The summed E-state index contributed by atoms with van der Waals surface area (Å²) < 4.78 is 62.0. The van der Waals surface area contributed by atoms with Crippen LogP contribution in [0.3, 0.4) is 0 Å². The van der Waals surface area contributed by atoms with Gasteiger partial charge in [0, 0.05) is 30.7 Å². The number of hydrogen-bond acceptors (Lipinski definition) is 18. The lowest BCUT2D eigenvalue weighted by Crippen LogP contribution is -2.46. The highest BCUT2D eigenvalue weighted by atomic mass is 32.2. The van der Waals surface area contributed by atoms with Crippen LogP contribution in [0, 0.1) is 5.41 Å². The Hall–Kier alpha value is -2.70. The summed E-state index contributed by atoms with van der Waals surface area (Å²) in [5, 5.41) is 26.1. The van der Waals surface area contributed by atoms with Gasteiger partial charge >= 0.3 is 23.5 Å². The van der Waals surface area contributed by atoms with Gasteiger partial charge in [0.1, 0.15) is 36.3 Å². The van der Waals surface area contributed by atoms with Crippen molar-refractivity contribution in [1.82, 2.24) is 30.2 Å². The number of nitrogens with one attached hydrogen (secondary N) is 2. The molecule has 2 amide bonds. The zero-order valence-electron chi connectivity index (χ0n) is 29.2. The average molecular weight is 850 g/mol. The third kappa shape index (κ3) is 13.8. The summed E-state index contributed by atoms with van der Waals surface area (Å²) in [7, 11) is -16.4. The molecular weight excluding hydrogens is 807 g/mol. The van der Waals surface area contributed by atoms with Crippen LogP contribution < -0.4 is 16.4 Å². The van der Waals surface area contributed by atoms with E-state index in [1.165, 1.54) is 19.9 Å². The maximum Gasteiger partial charge on any atom is 0.481 e. The molecule has 3 heterocycles. The van der Waals surface area contributed by atoms with Gasteiger partial charge in [-0.1, -0.05) is 31.2 Å². The van der Waals surface area contributed by atoms with Crippen molar-refractivity contribution in [2.75, 3.05) is 37.8 Å². The molecule has 304 valence electrons. The quantitative estimate of drug-likeness (QED) is 0.0466. The number of ether oxygens (including phenoxy) is 1. The van der Waals surface area contributed by atoms with E-state index in [1.54, 1.807) is 13.8 Å². The maximum atomic E-state index is 12.6. The molecule has 1 aliphatic rings. The van der Waals surface area contributed by atoms with Crippen molar-refractivity contribution in [3.8, 4) is 0 Å². The molecule has 2 aromatic rings. The number of aromatic nitrogens is 4. The lowest BCUT2D eigenvalue weighted by Gasteiger charge is -2.30. The smallest absolute Gasteiger partial charge is 0.386 e. The minimum Gasteiger partial charge on any atom is -0.386 e. The van der Waals surface area contributed by atoms with Crippen molar-refractivity contribution < 1.29 is 80.5 Å². The van der Waals surface area contributed by atoms with Crippen LogP contribution in [0.4, 0.5) is 5.82 Å². The van der Waals surface area contributed by atoms with Gasteiger partial charge in [0.15, 0.2) is 17.7 Å². The number of phosphoric ester groups is 3. The Morgan fingerprint density at radius 2 is 1.74 bits per heavy atom. The number of allylic oxidation sites excluding steroid dienone is 1. The molecule has 10 N–H and O–H groups in total. The van der Waals surface area contributed by atoms with Gasteiger partial charge in [-0.15, -0.1) is 0 Å². The number of fused-ring (bicyclic) bond motifs is 1. The number of hydrogen-bond donors (Lipinski definition) is 9. The molecule has 1 saturated heterocycles. The fourth-order valence-electron chi connectivity index (χ4n) is 4.56. The van der Waals surface area contributed by atoms with E-state index in [9.17, 15) is 57.9 Å². The number of amides is 2. The number of nitrogens with two attached hydrogens (primary N) is 1. The molecule has 1 aliphatic heterocycles. The molecule has 54 heavy (non-hydrogen) atoms. The summed E-state index contributed by atoms with van der Waals surface area (Å²) in [5.41, 5.74) is 5.10. The van der Waals surface area contributed by atoms with Crippen LogP contribution in [-0.4, -0.2) is 123 Å². The third-order valence-electron chi connectivity index (χ3n) is 7.15. The van der Waals surface area contributed by atoms with E-state index in [0.29, 0.717) is 5.75 Å². The fraction of sp³-hybridized carbons (Fsp3) is 0.615. The Balaban J connectivity index is 1.51. The van der Waals surface area contributed by atoms with Crippen molar-refractivity contribution in [2.24, 2.45) is 5.41 Å². The van der Waals surface area contributed by atoms with Crippen molar-refractivity contribution in [3.63, 3.8) is 0 Å². The Labute approximate surface area is 311 Å². The number of anilines is 1. The molecule has 28 heteroatoms. The Bertz CT molecular complexity index is 1840. The SMILES string of the molecule is CC(C)=CC(=O)SCCNC(=O)CCNC(=O)[C@@H](O)C(C)(C)COP(=O)(O)OP(=O)(O)OC[C@@H]1O[C@H](n2cnc3c(N)ncnc32)[C@@H](O)[C@H]1OP(=O)(O)O. The van der Waals surface area contributed by atoms with E-state index in [4.69, 9.17) is 19.5 Å². The zero-order chi connectivity index (χ0) is 40.6. The van der Waals surface area contributed by atoms with Gasteiger partial charge in [-0.2, -0.15) is 4.31 Å². The molecule has 0 bridgehead atoms. The second-order valence-corrected chi connectivity index (χ2v) is 17.8. The monoisotopic (exact) mass is 849 g/mol. The van der Waals surface area contributed by atoms with Gasteiger partial charge < -0.3 is 50.9 Å². The van der Waals surface area contributed by atoms with Crippen LogP contribution in [0.25, 0.3) is 11.2 Å². The van der Waals surface area contributed by atoms with Gasteiger partial charge in [-0.05, 0) is 19.9 Å². The number of nitrogen functional groups attached to an aromatic ring is 1. The van der Waals surface area contributed by atoms with Crippen molar-refractivity contribution in [1.29, 1.82) is 0 Å². The lowest BCUT2D eigenvalue weighted by molar-refractivity contribution is -0.137. The summed E-state index contributed by atoms with van der Waals surface area (Å²) in [6.07, 6.45) is -5.45. The first kappa shape index (κ1) is 45.7. The molecule has 2 aromatic heterocycles. The molecular formula is C26H42N7O17P3S. The minimum atomic E-state index is -5.57. The summed E-state index contributed by atoms with van der Waals surface area (Å²) >= 11 is 1.02. The first-order valence-electron chi connectivity index (χ1n) is 15.6. The number of carbonyl (C=O) groups is 3. The van der Waals surface area contributed by atoms with Gasteiger partial charge in [0.25, 0.3) is 0 Å². The molecule has 7 atom stereocenters. The molecule has 3 rings (SSSR count). The number of aliphatic hydroxyl groups is 2. The largest absolute Gasteiger partial charge is 0.481 e. The first-order chi connectivity index (χ1) is 24.9. The molecule has 2 unspecified atom stereocenters. The Morgan fingerprint density at radius 1 is 1.07 bits per heavy atom. The van der Waals surface area contributed by atoms with Crippen LogP contribution in [0.15, 0.2) is 24.3 Å². The van der Waals surface area contributed by atoms with Gasteiger partial charge in [0.2, 0.25) is 16.9 Å². The van der Waals surface area contributed by atoms with Crippen LogP contribution in [-0.2, 0) is 50.7 Å². The number of rotatable bonds is 20. The second-order valence-electron chi connectivity index (χ2n) is 12.5. The van der Waals surface area contributed by atoms with E-state index < -0.39 is 84.6 Å². The van der Waals surface area contributed by atoms with Crippen molar-refractivity contribution in [2.45, 2.75) is 64.8 Å². The number of phosphoric acid groups is 3. The van der Waals surface area contributed by atoms with E-state index in [-0.39, 0.29) is 41.6 Å². The molecule has 0 saturated carbocycles. The van der Waals surface area contributed by atoms with Crippen molar-refractivity contribution >= 4 is 69.1 Å². The molecule has 0 aliphatic carbocycles. The maximum absolute atomic E-state index is 12.6. The van der Waals surface area contributed by atoms with Gasteiger partial charge in [-0.25, -0.2) is 28.6 Å². The molecule has 1 fully saturated rings. The molecule has 0 aromatic carbocycles. The zero-order valence-corrected chi connectivity index (χ0v) is 32.7. The van der Waals surface area contributed by atoms with E-state index in [0.717, 1.165) is 34.6 Å². The second kappa shape index (κ2) is 19.0. The molecule has 24 nitrogen and oxygen atoms in total. The third-order valence-corrected chi connectivity index (χ3v) is 11.1. The minimum absolute atomic E-state index is 0.0301. The first-order valence-corrected chi connectivity index (χ1v) is 21.1. The highest BCUT2D eigenvalue weighted by Gasteiger charge is 2.50. The number of aliphatic hydroxyl groups excluding tert-OH is 2. The van der Waals surface area contributed by atoms with E-state index >= 15 is 0 Å². The van der Waals surface area contributed by atoms with Gasteiger partial charge in [-0.3, -0.25) is 32.5 Å². The standard InChI is InChI=1S/C26H42N7O17P3S/c1-14(2)9-17(35)54-8-7-28-16(34)5-6-29-24(38)21(37)26(3,4)11-47-53(44,45)50-52(42,43)46-10-15-20(49-51(39,40)41)19(36)25(48-15)33-13-32-18-22(27)30-12-31-23(18)33/h9,12-13,15,19-21,25,36-37H,5-8,10-11H2,1-4H3,(H,28,34)(H,29,38)(H,42,43)(H,44,45)(H2,27,30,31)(H2,39,40,41)/t15-,19-,20-,21+,25-/m0/s1. The highest BCUT2D eigenvalue weighted by Crippen LogP contribution is 2.61. The molecule has 0 radical (unpaired) electrons. The van der Waals surface area contributed by atoms with Gasteiger partial charge in [0.05, 0.1) is 19.5 Å². The average Bonchev–Trinajstić information content (AvgIpc) is 3.60. The number of nitrogens with zero attached hydrogens (tertiary/aromatic N) is 4. The highest BCUT2D eigenvalue weighted by molar-refractivity contribution is 8.14. The number of carbonyl (C=O) groups excluding carboxylic acids is 3. The van der Waals surface area contributed by atoms with Crippen LogP contribution in [0.2, 0.25) is 0 Å². The Kier molecular flexibility index (Phi) is 16.0. The predicted octanol–water partition coefficient (Wildman–Crippen LogP) is -0.369. The van der Waals surface area contributed by atoms with Crippen LogP contribution >= 0.6 is 35.2 Å². The Morgan fingerprint density at radius 3 is 2.39 bits per heavy atom. The predicted molar refractivity (Wildman–Crippen MR) is 187 cm³/mol. The van der Waals surface area contributed by atoms with Crippen LogP contribution in [0.5, 0.6) is 0 Å². The topological polar surface area (TPSA) is 364 Å². The number of thioether (sulfide) groups is 1. The van der Waals surface area contributed by atoms with Crippen LogP contribution in [0.1, 0.15) is 40.3 Å². The summed E-state index contributed by atoms with van der Waals surface area (Å²) in [5.74, 6) is -1.13. The van der Waals surface area contributed by atoms with E-state index in [2.05, 4.69) is 34.4 Å². The fourth-order valence-corrected chi connectivity index (χ4v) is 8.11.